The average molecular weight is 260 g/mol. The molecule has 1 amide bonds. The van der Waals surface area contributed by atoms with E-state index in [0.29, 0.717) is 12.1 Å². The van der Waals surface area contributed by atoms with E-state index < -0.39 is 4.92 Å². The van der Waals surface area contributed by atoms with Crippen molar-refractivity contribution in [2.45, 2.75) is 13.0 Å². The molecule has 1 aromatic heterocycles. The molecular weight excluding hydrogens is 248 g/mol. The van der Waals surface area contributed by atoms with Crippen LogP contribution in [0.5, 0.6) is 0 Å². The molecule has 98 valence electrons. The molecule has 2 N–H and O–H groups in total. The molecule has 0 saturated carbocycles. The van der Waals surface area contributed by atoms with Crippen LogP contribution in [0.4, 0.5) is 5.69 Å². The highest BCUT2D eigenvalue weighted by molar-refractivity contribution is 5.78. The van der Waals surface area contributed by atoms with E-state index in [1.807, 2.05) is 0 Å². The molecular formula is C12H12N4O3. The molecule has 0 aliphatic carbocycles. The van der Waals surface area contributed by atoms with Crippen LogP contribution in [0.25, 0.3) is 0 Å². The van der Waals surface area contributed by atoms with Gasteiger partial charge in [-0.25, -0.2) is 0 Å². The molecule has 0 fully saturated rings. The molecule has 0 spiro atoms. The molecule has 0 aliphatic rings. The number of H-pyrrole nitrogens is 1. The Hall–Kier alpha value is -2.70. The average Bonchev–Trinajstić information content (AvgIpc) is 2.90. The first-order chi connectivity index (χ1) is 9.15. The monoisotopic (exact) mass is 260 g/mol. The third kappa shape index (κ3) is 3.63. The maximum absolute atomic E-state index is 11.7. The quantitative estimate of drug-likeness (QED) is 0.622. The first kappa shape index (κ1) is 12.7. The van der Waals surface area contributed by atoms with Crippen LogP contribution in [0.3, 0.4) is 0 Å². The van der Waals surface area contributed by atoms with E-state index in [9.17, 15) is 14.9 Å². The van der Waals surface area contributed by atoms with Gasteiger partial charge in [-0.3, -0.25) is 20.0 Å². The van der Waals surface area contributed by atoms with Crippen molar-refractivity contribution >= 4 is 11.6 Å². The first-order valence-electron chi connectivity index (χ1n) is 5.63. The van der Waals surface area contributed by atoms with Gasteiger partial charge < -0.3 is 5.32 Å². The highest BCUT2D eigenvalue weighted by atomic mass is 16.6. The lowest BCUT2D eigenvalue weighted by Gasteiger charge is -2.03. The molecule has 1 heterocycles. The summed E-state index contributed by atoms with van der Waals surface area (Å²) < 4.78 is 0. The Morgan fingerprint density at radius 3 is 2.95 bits per heavy atom. The largest absolute Gasteiger partial charge is 0.352 e. The SMILES string of the molecule is O=C(Cc1cccc([N+](=O)[O-])c1)NCc1cn[nH]c1. The molecule has 0 bridgehead atoms. The number of aromatic amines is 1. The van der Waals surface area contributed by atoms with Gasteiger partial charge in [-0.1, -0.05) is 12.1 Å². The second-order valence-corrected chi connectivity index (χ2v) is 3.99. The minimum absolute atomic E-state index is 0.0138. The fourth-order valence-electron chi connectivity index (χ4n) is 1.60. The third-order valence-corrected chi connectivity index (χ3v) is 2.53. The number of carbonyl (C=O) groups excluding carboxylic acids is 1. The maximum Gasteiger partial charge on any atom is 0.269 e. The Balaban J connectivity index is 1.91. The van der Waals surface area contributed by atoms with E-state index in [1.54, 1.807) is 24.5 Å². The topological polar surface area (TPSA) is 101 Å². The van der Waals surface area contributed by atoms with Gasteiger partial charge in [0.15, 0.2) is 0 Å². The van der Waals surface area contributed by atoms with Crippen LogP contribution < -0.4 is 5.32 Å². The van der Waals surface area contributed by atoms with Crippen LogP contribution in [0.15, 0.2) is 36.7 Å². The Morgan fingerprint density at radius 1 is 1.42 bits per heavy atom. The molecule has 0 aliphatic heterocycles. The summed E-state index contributed by atoms with van der Waals surface area (Å²) in [5.41, 5.74) is 1.46. The van der Waals surface area contributed by atoms with Crippen molar-refractivity contribution in [3.8, 4) is 0 Å². The lowest BCUT2D eigenvalue weighted by atomic mass is 10.1. The number of nitro groups is 1. The van der Waals surface area contributed by atoms with E-state index >= 15 is 0 Å². The van der Waals surface area contributed by atoms with Crippen LogP contribution in [0.2, 0.25) is 0 Å². The predicted molar refractivity (Wildman–Crippen MR) is 67.2 cm³/mol. The smallest absolute Gasteiger partial charge is 0.269 e. The van der Waals surface area contributed by atoms with Gasteiger partial charge in [0, 0.05) is 30.4 Å². The molecule has 0 radical (unpaired) electrons. The van der Waals surface area contributed by atoms with Gasteiger partial charge in [-0.2, -0.15) is 5.10 Å². The van der Waals surface area contributed by atoms with Gasteiger partial charge in [0.1, 0.15) is 0 Å². The van der Waals surface area contributed by atoms with E-state index in [0.717, 1.165) is 5.56 Å². The summed E-state index contributed by atoms with van der Waals surface area (Å²) in [6.45, 7) is 0.379. The molecule has 2 aromatic rings. The lowest BCUT2D eigenvalue weighted by Crippen LogP contribution is -2.24. The van der Waals surface area contributed by atoms with E-state index in [4.69, 9.17) is 0 Å². The molecule has 0 atom stereocenters. The van der Waals surface area contributed by atoms with Crippen molar-refractivity contribution in [3.63, 3.8) is 0 Å². The standard InChI is InChI=1S/C12H12N4O3/c17-12(13-6-10-7-14-15-8-10)5-9-2-1-3-11(4-9)16(18)19/h1-4,7-8H,5-6H2,(H,13,17)(H,14,15). The van der Waals surface area contributed by atoms with Crippen LogP contribution >= 0.6 is 0 Å². The number of carbonyl (C=O) groups is 1. The van der Waals surface area contributed by atoms with Crippen molar-refractivity contribution in [2.24, 2.45) is 0 Å². The number of rotatable bonds is 5. The summed E-state index contributed by atoms with van der Waals surface area (Å²) in [7, 11) is 0. The zero-order valence-electron chi connectivity index (χ0n) is 10.00. The Labute approximate surface area is 108 Å². The van der Waals surface area contributed by atoms with Crippen molar-refractivity contribution < 1.29 is 9.72 Å². The van der Waals surface area contributed by atoms with Crippen LogP contribution in [0.1, 0.15) is 11.1 Å². The Morgan fingerprint density at radius 2 is 2.26 bits per heavy atom. The van der Waals surface area contributed by atoms with Crippen molar-refractivity contribution in [1.29, 1.82) is 0 Å². The Bertz CT molecular complexity index is 580. The second-order valence-electron chi connectivity index (χ2n) is 3.99. The van der Waals surface area contributed by atoms with Crippen molar-refractivity contribution in [3.05, 3.63) is 57.9 Å². The minimum atomic E-state index is -0.479. The van der Waals surface area contributed by atoms with E-state index in [2.05, 4.69) is 15.5 Å². The zero-order chi connectivity index (χ0) is 13.7. The summed E-state index contributed by atoms with van der Waals surface area (Å²) in [5.74, 6) is -0.193. The predicted octanol–water partition coefficient (Wildman–Crippen LogP) is 1.18. The fraction of sp³-hybridized carbons (Fsp3) is 0.167. The number of nitrogens with zero attached hydrogens (tertiary/aromatic N) is 2. The lowest BCUT2D eigenvalue weighted by molar-refractivity contribution is -0.384. The molecule has 0 saturated heterocycles. The fourth-order valence-corrected chi connectivity index (χ4v) is 1.60. The van der Waals surface area contributed by atoms with Gasteiger partial charge in [-0.15, -0.1) is 0 Å². The number of amides is 1. The van der Waals surface area contributed by atoms with Crippen molar-refractivity contribution in [1.82, 2.24) is 15.5 Å². The van der Waals surface area contributed by atoms with Crippen LogP contribution in [-0.4, -0.2) is 21.0 Å². The summed E-state index contributed by atoms with van der Waals surface area (Å²) in [6, 6.07) is 6.05. The van der Waals surface area contributed by atoms with E-state index in [1.165, 1.54) is 12.1 Å². The summed E-state index contributed by atoms with van der Waals surface area (Å²) >= 11 is 0. The van der Waals surface area contributed by atoms with Crippen LogP contribution in [0, 0.1) is 10.1 Å². The zero-order valence-corrected chi connectivity index (χ0v) is 10.00. The molecule has 7 heteroatoms. The van der Waals surface area contributed by atoms with Crippen LogP contribution in [-0.2, 0) is 17.8 Å². The normalized spacial score (nSPS) is 10.1. The highest BCUT2D eigenvalue weighted by Crippen LogP contribution is 2.13. The maximum atomic E-state index is 11.7. The number of nitrogens with one attached hydrogen (secondary N) is 2. The number of nitro benzene ring substituents is 1. The van der Waals surface area contributed by atoms with Gasteiger partial charge in [0.05, 0.1) is 17.5 Å². The van der Waals surface area contributed by atoms with Gasteiger partial charge in [0.25, 0.3) is 5.69 Å². The van der Waals surface area contributed by atoms with Gasteiger partial charge in [0.2, 0.25) is 5.91 Å². The second kappa shape index (κ2) is 5.76. The number of non-ortho nitro benzene ring substituents is 1. The number of hydrogen-bond donors (Lipinski definition) is 2. The molecule has 2 rings (SSSR count). The van der Waals surface area contributed by atoms with Gasteiger partial charge in [-0.05, 0) is 5.56 Å². The van der Waals surface area contributed by atoms with Gasteiger partial charge >= 0.3 is 0 Å². The van der Waals surface area contributed by atoms with E-state index in [-0.39, 0.29) is 18.0 Å². The third-order valence-electron chi connectivity index (χ3n) is 2.53. The van der Waals surface area contributed by atoms with Crippen molar-refractivity contribution in [2.75, 3.05) is 0 Å². The molecule has 1 aromatic carbocycles. The number of aromatic nitrogens is 2. The molecule has 7 nitrogen and oxygen atoms in total. The Kier molecular flexibility index (Phi) is 3.87. The molecule has 19 heavy (non-hydrogen) atoms. The summed E-state index contributed by atoms with van der Waals surface area (Å²) in [4.78, 5) is 21.8. The number of hydrogen-bond acceptors (Lipinski definition) is 4. The molecule has 0 unspecified atom stereocenters. The minimum Gasteiger partial charge on any atom is -0.352 e. The number of benzene rings is 1. The summed E-state index contributed by atoms with van der Waals surface area (Å²) in [5, 5.41) is 19.7. The first-order valence-corrected chi connectivity index (χ1v) is 5.63. The summed E-state index contributed by atoms with van der Waals surface area (Å²) in [6.07, 6.45) is 3.42. The highest BCUT2D eigenvalue weighted by Gasteiger charge is 2.08.